The maximum Gasteiger partial charge on any atom is 0.243 e. The average molecular weight is 527 g/mol. The highest BCUT2D eigenvalue weighted by atomic mass is 16.5. The number of likely N-dealkylation sites (tertiary alicyclic amines) is 1. The van der Waals surface area contributed by atoms with Gasteiger partial charge in [0.05, 0.1) is 12.2 Å². The lowest BCUT2D eigenvalue weighted by Gasteiger charge is -2.29. The van der Waals surface area contributed by atoms with Gasteiger partial charge in [0.15, 0.2) is 0 Å². The number of amidine groups is 1. The fraction of sp³-hybridized carbons (Fsp3) is 0.276. The minimum Gasteiger partial charge on any atom is -0.457 e. The van der Waals surface area contributed by atoms with Crippen LogP contribution in [-0.4, -0.2) is 52.6 Å². The van der Waals surface area contributed by atoms with Crippen LogP contribution in [0.1, 0.15) is 31.0 Å². The molecule has 1 saturated carbocycles. The summed E-state index contributed by atoms with van der Waals surface area (Å²) in [5.74, 6) is 0.697. The van der Waals surface area contributed by atoms with Crippen LogP contribution in [0.4, 0.5) is 5.69 Å². The Morgan fingerprint density at radius 3 is 2.49 bits per heavy atom. The zero-order chi connectivity index (χ0) is 27.6. The number of carbonyl (C=O) groups excluding carboxylic acids is 3. The third-order valence-corrected chi connectivity index (χ3v) is 7.39. The molecule has 0 spiro atoms. The smallest absolute Gasteiger partial charge is 0.243 e. The fourth-order valence-electron chi connectivity index (χ4n) is 5.09. The van der Waals surface area contributed by atoms with Gasteiger partial charge in [-0.3, -0.25) is 24.8 Å². The summed E-state index contributed by atoms with van der Waals surface area (Å²) in [4.78, 5) is 45.7. The van der Waals surface area contributed by atoms with Crippen molar-refractivity contribution in [1.82, 2.24) is 15.2 Å². The number of nitrogens with two attached hydrogens (primary N) is 1. The first-order valence-electron chi connectivity index (χ1n) is 12.7. The Morgan fingerprint density at radius 1 is 1.13 bits per heavy atom. The van der Waals surface area contributed by atoms with Crippen LogP contribution in [0.3, 0.4) is 0 Å². The maximum atomic E-state index is 13.4. The lowest BCUT2D eigenvalue weighted by molar-refractivity contribution is -0.139. The first-order valence-corrected chi connectivity index (χ1v) is 12.7. The number of carbonyl (C=O) groups is 3. The van der Waals surface area contributed by atoms with Gasteiger partial charge in [-0.1, -0.05) is 25.1 Å². The van der Waals surface area contributed by atoms with E-state index in [1.54, 1.807) is 41.3 Å². The molecule has 200 valence electrons. The van der Waals surface area contributed by atoms with E-state index in [0.29, 0.717) is 41.3 Å². The molecule has 3 amide bonds. The third kappa shape index (κ3) is 5.59. The van der Waals surface area contributed by atoms with Crippen molar-refractivity contribution in [1.29, 1.82) is 5.41 Å². The maximum absolute atomic E-state index is 13.4. The second-order valence-corrected chi connectivity index (χ2v) is 10.2. The Bertz CT molecular complexity index is 1380. The van der Waals surface area contributed by atoms with Crippen LogP contribution in [0, 0.1) is 10.8 Å². The van der Waals surface area contributed by atoms with Gasteiger partial charge >= 0.3 is 0 Å². The monoisotopic (exact) mass is 526 g/mol. The zero-order valence-corrected chi connectivity index (χ0v) is 21.5. The molecule has 2 heterocycles. The summed E-state index contributed by atoms with van der Waals surface area (Å²) >= 11 is 0. The van der Waals surface area contributed by atoms with Crippen LogP contribution in [0.2, 0.25) is 0 Å². The number of fused-ring (bicyclic) bond motifs is 1. The van der Waals surface area contributed by atoms with Crippen LogP contribution in [0.5, 0.6) is 11.5 Å². The van der Waals surface area contributed by atoms with Crippen molar-refractivity contribution in [3.8, 4) is 11.5 Å². The van der Waals surface area contributed by atoms with E-state index in [4.69, 9.17) is 15.9 Å². The molecule has 1 aromatic heterocycles. The summed E-state index contributed by atoms with van der Waals surface area (Å²) in [6.07, 6.45) is 3.51. The first-order chi connectivity index (χ1) is 18.8. The van der Waals surface area contributed by atoms with Crippen molar-refractivity contribution in [3.63, 3.8) is 0 Å². The predicted molar refractivity (Wildman–Crippen MR) is 145 cm³/mol. The van der Waals surface area contributed by atoms with E-state index >= 15 is 0 Å². The topological polar surface area (TPSA) is 142 Å². The van der Waals surface area contributed by atoms with Crippen LogP contribution in [0.25, 0.3) is 0 Å². The molecule has 39 heavy (non-hydrogen) atoms. The lowest BCUT2D eigenvalue weighted by Crippen LogP contribution is -2.50. The Labute approximate surface area is 226 Å². The van der Waals surface area contributed by atoms with Crippen LogP contribution in [0.15, 0.2) is 72.9 Å². The molecule has 5 rings (SSSR count). The minimum absolute atomic E-state index is 0.0242. The van der Waals surface area contributed by atoms with E-state index in [9.17, 15) is 14.4 Å². The summed E-state index contributed by atoms with van der Waals surface area (Å²) < 4.78 is 5.81. The second-order valence-electron chi connectivity index (χ2n) is 10.2. The number of rotatable bonds is 10. The molecule has 2 aliphatic rings. The Morgan fingerprint density at radius 2 is 1.85 bits per heavy atom. The Hall–Kier alpha value is -4.73. The summed E-state index contributed by atoms with van der Waals surface area (Å²) in [5, 5.41) is 10.3. The Balaban J connectivity index is 1.22. The number of para-hydroxylation sites is 1. The molecule has 4 N–H and O–H groups in total. The number of hydrogen-bond acceptors (Lipinski definition) is 6. The molecule has 2 fully saturated rings. The van der Waals surface area contributed by atoms with E-state index < -0.39 is 6.04 Å². The van der Waals surface area contributed by atoms with E-state index in [1.165, 1.54) is 11.1 Å². The van der Waals surface area contributed by atoms with Gasteiger partial charge < -0.3 is 25.6 Å². The molecule has 1 saturated heterocycles. The highest BCUT2D eigenvalue weighted by molar-refractivity contribution is 5.95. The summed E-state index contributed by atoms with van der Waals surface area (Å²) in [6.45, 7) is 2.10. The molecule has 2 aromatic carbocycles. The van der Waals surface area contributed by atoms with Crippen molar-refractivity contribution < 1.29 is 19.1 Å². The SMILES string of the molecule is C[C@@]12C[C@@H]1N(C(=O)CN(C=O)c1ccc(Oc3ccccc3)cc1)[C@H](C(=O)NCc1ccc(C(=N)N)cn1)C2. The molecule has 1 aliphatic carbocycles. The molecule has 3 aromatic rings. The highest BCUT2D eigenvalue weighted by Gasteiger charge is 2.64. The number of aromatic nitrogens is 1. The summed E-state index contributed by atoms with van der Waals surface area (Å²) in [7, 11) is 0. The number of nitrogens with zero attached hydrogens (tertiary/aromatic N) is 3. The van der Waals surface area contributed by atoms with Gasteiger partial charge in [-0.2, -0.15) is 0 Å². The van der Waals surface area contributed by atoms with Crippen molar-refractivity contribution in [3.05, 3.63) is 84.2 Å². The van der Waals surface area contributed by atoms with Crippen LogP contribution in [-0.2, 0) is 20.9 Å². The number of hydrogen-bond donors (Lipinski definition) is 3. The Kier molecular flexibility index (Phi) is 7.02. The average Bonchev–Trinajstić information content (AvgIpc) is 3.51. The molecular weight excluding hydrogens is 496 g/mol. The fourth-order valence-corrected chi connectivity index (χ4v) is 5.09. The van der Waals surface area contributed by atoms with Gasteiger partial charge in [0, 0.05) is 23.5 Å². The summed E-state index contributed by atoms with van der Waals surface area (Å²) in [5.41, 5.74) is 7.04. The van der Waals surface area contributed by atoms with E-state index in [1.807, 2.05) is 30.3 Å². The third-order valence-electron chi connectivity index (χ3n) is 7.39. The van der Waals surface area contributed by atoms with Gasteiger partial charge in [0.2, 0.25) is 18.2 Å². The second kappa shape index (κ2) is 10.6. The number of piperidine rings is 1. The molecular formula is C29H30N6O4. The quantitative estimate of drug-likeness (QED) is 0.211. The molecule has 3 atom stereocenters. The zero-order valence-electron chi connectivity index (χ0n) is 21.5. The van der Waals surface area contributed by atoms with Crippen molar-refractivity contribution in [2.24, 2.45) is 11.1 Å². The number of ether oxygens (including phenoxy) is 1. The summed E-state index contributed by atoms with van der Waals surface area (Å²) in [6, 6.07) is 19.0. The van der Waals surface area contributed by atoms with E-state index in [2.05, 4.69) is 17.2 Å². The van der Waals surface area contributed by atoms with Crippen LogP contribution < -0.4 is 20.7 Å². The first kappa shape index (κ1) is 25.9. The van der Waals surface area contributed by atoms with Gasteiger partial charge in [-0.25, -0.2) is 0 Å². The van der Waals surface area contributed by atoms with E-state index in [-0.39, 0.29) is 42.2 Å². The van der Waals surface area contributed by atoms with Crippen molar-refractivity contribution in [2.45, 2.75) is 38.4 Å². The van der Waals surface area contributed by atoms with Gasteiger partial charge in [-0.05, 0) is 66.8 Å². The number of amides is 3. The largest absolute Gasteiger partial charge is 0.457 e. The highest BCUT2D eigenvalue weighted by Crippen LogP contribution is 2.59. The predicted octanol–water partition coefficient (Wildman–Crippen LogP) is 2.82. The minimum atomic E-state index is -0.618. The van der Waals surface area contributed by atoms with Crippen LogP contribution >= 0.6 is 0 Å². The normalized spacial score (nSPS) is 21.0. The number of anilines is 1. The van der Waals surface area contributed by atoms with Gasteiger partial charge in [-0.15, -0.1) is 0 Å². The molecule has 10 nitrogen and oxygen atoms in total. The number of pyridine rings is 1. The molecule has 10 heteroatoms. The van der Waals surface area contributed by atoms with Crippen molar-refractivity contribution in [2.75, 3.05) is 11.4 Å². The number of benzene rings is 2. The number of nitrogen functional groups attached to an aromatic ring is 1. The van der Waals surface area contributed by atoms with Gasteiger partial charge in [0.25, 0.3) is 0 Å². The van der Waals surface area contributed by atoms with E-state index in [0.717, 1.165) is 6.42 Å². The van der Waals surface area contributed by atoms with Gasteiger partial charge in [0.1, 0.15) is 29.9 Å². The molecule has 1 aliphatic heterocycles. The number of nitrogens with one attached hydrogen (secondary N) is 2. The lowest BCUT2D eigenvalue weighted by atomic mass is 10.0. The molecule has 0 bridgehead atoms. The molecule has 0 radical (unpaired) electrons. The molecule has 0 unspecified atom stereocenters. The standard InChI is InChI=1S/C29H30N6O4/c1-29-13-24(28(38)33-16-20-8-7-19(15-32-20)27(30)31)35(25(29)14-29)26(37)17-34(18-36)21-9-11-23(12-10-21)39-22-5-3-2-4-6-22/h2-12,15,18,24-25H,13-14,16-17H2,1H3,(H3,30,31)(H,33,38)/t24-,25-,29+/m0/s1. The van der Waals surface area contributed by atoms with Crippen molar-refractivity contribution >= 4 is 29.7 Å².